The van der Waals surface area contributed by atoms with Gasteiger partial charge in [-0.05, 0) is 18.2 Å². The molecule has 0 aliphatic rings. The maximum absolute atomic E-state index is 9.53. The summed E-state index contributed by atoms with van der Waals surface area (Å²) in [4.78, 5) is 0. The summed E-state index contributed by atoms with van der Waals surface area (Å²) < 4.78 is 6.48. The van der Waals surface area contributed by atoms with Crippen LogP contribution >= 0.6 is 15.9 Å². The normalized spacial score (nSPS) is 12.7. The molecular formula is C12H18BrNO2. The maximum Gasteiger partial charge on any atom is 0.0897 e. The molecule has 0 bridgehead atoms. The number of aliphatic hydroxyl groups is 1. The predicted octanol–water partition coefficient (Wildman–Crippen LogP) is 1.94. The molecule has 1 rings (SSSR count). The van der Waals surface area contributed by atoms with Crippen molar-refractivity contribution in [3.05, 3.63) is 34.3 Å². The Morgan fingerprint density at radius 1 is 1.44 bits per heavy atom. The fourth-order valence-corrected chi connectivity index (χ4v) is 1.69. The molecule has 0 aliphatic carbocycles. The summed E-state index contributed by atoms with van der Waals surface area (Å²) in [5.41, 5.74) is 1.10. The van der Waals surface area contributed by atoms with Gasteiger partial charge in [0.25, 0.3) is 0 Å². The van der Waals surface area contributed by atoms with Gasteiger partial charge in [0, 0.05) is 11.0 Å². The number of hydrogen-bond donors (Lipinski definition) is 2. The van der Waals surface area contributed by atoms with Crippen LogP contribution in [0.2, 0.25) is 0 Å². The Balaban J connectivity index is 2.23. The number of rotatable bonds is 7. The lowest BCUT2D eigenvalue weighted by Gasteiger charge is -2.12. The summed E-state index contributed by atoms with van der Waals surface area (Å²) in [6.07, 6.45) is -0.442. The highest BCUT2D eigenvalue weighted by atomic mass is 79.9. The second-order valence-corrected chi connectivity index (χ2v) is 4.42. The first-order chi connectivity index (χ1) is 7.74. The van der Waals surface area contributed by atoms with Crippen molar-refractivity contribution in [3.8, 4) is 0 Å². The van der Waals surface area contributed by atoms with E-state index in [1.165, 1.54) is 0 Å². The lowest BCUT2D eigenvalue weighted by molar-refractivity contribution is 0.0289. The summed E-state index contributed by atoms with van der Waals surface area (Å²) in [7, 11) is 0. The minimum Gasteiger partial charge on any atom is -0.389 e. The van der Waals surface area contributed by atoms with E-state index in [0.717, 1.165) is 16.6 Å². The van der Waals surface area contributed by atoms with Gasteiger partial charge in [-0.1, -0.05) is 41.1 Å². The number of halogens is 1. The van der Waals surface area contributed by atoms with Crippen LogP contribution in [0, 0.1) is 0 Å². The van der Waals surface area contributed by atoms with Gasteiger partial charge in [0.2, 0.25) is 0 Å². The smallest absolute Gasteiger partial charge is 0.0897 e. The Morgan fingerprint density at radius 3 is 2.88 bits per heavy atom. The fraction of sp³-hybridized carbons (Fsp3) is 0.500. The minimum absolute atomic E-state index is 0.355. The molecule has 1 atom stereocenters. The van der Waals surface area contributed by atoms with Crippen LogP contribution in [0.3, 0.4) is 0 Å². The molecule has 2 N–H and O–H groups in total. The first-order valence-electron chi connectivity index (χ1n) is 5.44. The highest BCUT2D eigenvalue weighted by molar-refractivity contribution is 9.10. The fourth-order valence-electron chi connectivity index (χ4n) is 1.29. The Kier molecular flexibility index (Phi) is 6.64. The molecule has 0 aromatic heterocycles. The average Bonchev–Trinajstić information content (AvgIpc) is 2.29. The molecule has 3 nitrogen and oxygen atoms in total. The molecule has 0 radical (unpaired) electrons. The SMILES string of the molecule is CCNCC(O)COCc1ccccc1Br. The molecule has 0 amide bonds. The lowest BCUT2D eigenvalue weighted by Crippen LogP contribution is -2.30. The van der Waals surface area contributed by atoms with Crippen LogP contribution in [0.4, 0.5) is 0 Å². The van der Waals surface area contributed by atoms with Crippen molar-refractivity contribution in [1.82, 2.24) is 5.32 Å². The van der Waals surface area contributed by atoms with Gasteiger partial charge in [-0.25, -0.2) is 0 Å². The Morgan fingerprint density at radius 2 is 2.19 bits per heavy atom. The molecule has 0 spiro atoms. The second kappa shape index (κ2) is 7.79. The molecule has 90 valence electrons. The van der Waals surface area contributed by atoms with E-state index in [0.29, 0.717) is 19.8 Å². The quantitative estimate of drug-likeness (QED) is 0.805. The predicted molar refractivity (Wildman–Crippen MR) is 68.3 cm³/mol. The third-order valence-corrected chi connectivity index (χ3v) is 2.93. The zero-order valence-electron chi connectivity index (χ0n) is 9.45. The molecule has 0 saturated heterocycles. The molecule has 0 fully saturated rings. The first kappa shape index (κ1) is 13.6. The van der Waals surface area contributed by atoms with E-state index < -0.39 is 6.10 Å². The number of hydrogen-bond acceptors (Lipinski definition) is 3. The van der Waals surface area contributed by atoms with Crippen molar-refractivity contribution < 1.29 is 9.84 Å². The Labute approximate surface area is 105 Å². The monoisotopic (exact) mass is 287 g/mol. The van der Waals surface area contributed by atoms with E-state index >= 15 is 0 Å². The summed E-state index contributed by atoms with van der Waals surface area (Å²) in [5.74, 6) is 0. The standard InChI is InChI=1S/C12H18BrNO2/c1-2-14-7-11(15)9-16-8-10-5-3-4-6-12(10)13/h3-6,11,14-15H,2,7-9H2,1H3. The molecular weight excluding hydrogens is 270 g/mol. The van der Waals surface area contributed by atoms with Crippen LogP contribution in [0.15, 0.2) is 28.7 Å². The van der Waals surface area contributed by atoms with Crippen molar-refractivity contribution in [1.29, 1.82) is 0 Å². The first-order valence-corrected chi connectivity index (χ1v) is 6.23. The van der Waals surface area contributed by atoms with Gasteiger partial charge in [0.05, 0.1) is 19.3 Å². The van der Waals surface area contributed by atoms with Gasteiger partial charge in [-0.3, -0.25) is 0 Å². The van der Waals surface area contributed by atoms with E-state index in [1.807, 2.05) is 31.2 Å². The summed E-state index contributed by atoms with van der Waals surface area (Å²) in [6.45, 7) is 4.32. The largest absolute Gasteiger partial charge is 0.389 e. The van der Waals surface area contributed by atoms with Crippen molar-refractivity contribution in [2.24, 2.45) is 0 Å². The van der Waals surface area contributed by atoms with Crippen LogP contribution in [-0.4, -0.2) is 30.9 Å². The van der Waals surface area contributed by atoms with Crippen LogP contribution in [-0.2, 0) is 11.3 Å². The van der Waals surface area contributed by atoms with E-state index in [1.54, 1.807) is 0 Å². The van der Waals surface area contributed by atoms with Crippen molar-refractivity contribution in [2.75, 3.05) is 19.7 Å². The second-order valence-electron chi connectivity index (χ2n) is 3.57. The number of nitrogens with one attached hydrogen (secondary N) is 1. The Hall–Kier alpha value is -0.420. The van der Waals surface area contributed by atoms with Crippen molar-refractivity contribution in [2.45, 2.75) is 19.6 Å². The van der Waals surface area contributed by atoms with Gasteiger partial charge < -0.3 is 15.2 Å². The molecule has 16 heavy (non-hydrogen) atoms. The maximum atomic E-state index is 9.53. The lowest BCUT2D eigenvalue weighted by atomic mass is 10.2. The van der Waals surface area contributed by atoms with Crippen LogP contribution in [0.5, 0.6) is 0 Å². The van der Waals surface area contributed by atoms with E-state index in [4.69, 9.17) is 4.74 Å². The molecule has 0 saturated carbocycles. The molecule has 4 heteroatoms. The summed E-state index contributed by atoms with van der Waals surface area (Å²) in [6, 6.07) is 7.92. The third-order valence-electron chi connectivity index (χ3n) is 2.16. The van der Waals surface area contributed by atoms with E-state index in [9.17, 15) is 5.11 Å². The Bertz CT molecular complexity index is 307. The van der Waals surface area contributed by atoms with Gasteiger partial charge in [0.1, 0.15) is 0 Å². The molecule has 1 aromatic carbocycles. The van der Waals surface area contributed by atoms with Gasteiger partial charge in [-0.2, -0.15) is 0 Å². The van der Waals surface area contributed by atoms with Gasteiger partial charge in [-0.15, -0.1) is 0 Å². The van der Waals surface area contributed by atoms with Gasteiger partial charge in [0.15, 0.2) is 0 Å². The zero-order valence-corrected chi connectivity index (χ0v) is 11.0. The summed E-state index contributed by atoms with van der Waals surface area (Å²) >= 11 is 3.45. The van der Waals surface area contributed by atoms with Crippen LogP contribution < -0.4 is 5.32 Å². The van der Waals surface area contributed by atoms with E-state index in [-0.39, 0.29) is 0 Å². The van der Waals surface area contributed by atoms with Crippen molar-refractivity contribution >= 4 is 15.9 Å². The number of likely N-dealkylation sites (N-methyl/N-ethyl adjacent to an activating group) is 1. The number of aliphatic hydroxyl groups excluding tert-OH is 1. The molecule has 0 heterocycles. The van der Waals surface area contributed by atoms with Crippen LogP contribution in [0.25, 0.3) is 0 Å². The third kappa shape index (κ3) is 5.07. The van der Waals surface area contributed by atoms with E-state index in [2.05, 4.69) is 21.2 Å². The molecule has 1 aromatic rings. The highest BCUT2D eigenvalue weighted by Crippen LogP contribution is 2.16. The summed E-state index contributed by atoms with van der Waals surface area (Å²) in [5, 5.41) is 12.6. The average molecular weight is 288 g/mol. The minimum atomic E-state index is -0.442. The zero-order chi connectivity index (χ0) is 11.8. The molecule has 1 unspecified atom stereocenters. The molecule has 0 aliphatic heterocycles. The van der Waals surface area contributed by atoms with Gasteiger partial charge >= 0.3 is 0 Å². The van der Waals surface area contributed by atoms with Crippen molar-refractivity contribution in [3.63, 3.8) is 0 Å². The topological polar surface area (TPSA) is 41.5 Å². The number of ether oxygens (including phenoxy) is 1. The number of benzene rings is 1. The highest BCUT2D eigenvalue weighted by Gasteiger charge is 2.04. The van der Waals surface area contributed by atoms with Crippen LogP contribution in [0.1, 0.15) is 12.5 Å².